The van der Waals surface area contributed by atoms with Crippen LogP contribution < -0.4 is 0 Å². The van der Waals surface area contributed by atoms with Gasteiger partial charge in [-0.05, 0) is 31.6 Å². The van der Waals surface area contributed by atoms with Gasteiger partial charge in [-0.15, -0.1) is 0 Å². The Bertz CT molecular complexity index is 413. The van der Waals surface area contributed by atoms with Gasteiger partial charge in [-0.2, -0.15) is 0 Å². The molecule has 4 heteroatoms. The molecule has 1 rings (SSSR count). The predicted molar refractivity (Wildman–Crippen MR) is 60.8 cm³/mol. The van der Waals surface area contributed by atoms with Gasteiger partial charge in [0, 0.05) is 10.6 Å². The van der Waals surface area contributed by atoms with Crippen LogP contribution in [0.4, 0.5) is 4.39 Å². The smallest absolute Gasteiger partial charge is 0.142 e. The first-order valence-corrected chi connectivity index (χ1v) is 5.05. The van der Waals surface area contributed by atoms with Gasteiger partial charge >= 0.3 is 0 Å². The quantitative estimate of drug-likeness (QED) is 0.622. The monoisotopic (exact) mass is 248 g/mol. The van der Waals surface area contributed by atoms with Gasteiger partial charge in [-0.1, -0.05) is 29.8 Å². The lowest BCUT2D eigenvalue weighted by Gasteiger charge is -2.25. The topological polar surface area (TPSA) is 20.2 Å². The molecule has 0 saturated carbocycles. The average molecular weight is 249 g/mol. The third kappa shape index (κ3) is 2.33. The number of benzene rings is 1. The Morgan fingerprint density at radius 2 is 1.93 bits per heavy atom. The fourth-order valence-corrected chi connectivity index (χ4v) is 1.69. The van der Waals surface area contributed by atoms with Crippen molar-refractivity contribution in [1.29, 1.82) is 0 Å². The molecule has 0 aliphatic heterocycles. The molecule has 1 unspecified atom stereocenters. The molecule has 1 aromatic carbocycles. The first-order valence-electron chi connectivity index (χ1n) is 4.30. The zero-order valence-corrected chi connectivity index (χ0v) is 9.95. The van der Waals surface area contributed by atoms with E-state index >= 15 is 0 Å². The van der Waals surface area contributed by atoms with Crippen LogP contribution in [-0.2, 0) is 5.60 Å². The second-order valence-corrected chi connectivity index (χ2v) is 4.41. The lowest BCUT2D eigenvalue weighted by molar-refractivity contribution is 0.0978. The average Bonchev–Trinajstić information content (AvgIpc) is 2.10. The van der Waals surface area contributed by atoms with Gasteiger partial charge < -0.3 is 5.11 Å². The van der Waals surface area contributed by atoms with Crippen LogP contribution in [0.15, 0.2) is 24.3 Å². The molecule has 1 aromatic rings. The Morgan fingerprint density at radius 3 is 2.40 bits per heavy atom. The predicted octanol–water partition coefficient (Wildman–Crippen LogP) is 3.92. The van der Waals surface area contributed by atoms with E-state index in [0.717, 1.165) is 6.07 Å². The maximum absolute atomic E-state index is 13.2. The van der Waals surface area contributed by atoms with Crippen molar-refractivity contribution in [3.05, 3.63) is 45.7 Å². The lowest BCUT2D eigenvalue weighted by Crippen LogP contribution is -2.22. The van der Waals surface area contributed by atoms with E-state index in [0.29, 0.717) is 5.57 Å². The van der Waals surface area contributed by atoms with E-state index in [1.807, 2.05) is 0 Å². The van der Waals surface area contributed by atoms with E-state index in [4.69, 9.17) is 23.2 Å². The molecule has 0 saturated heterocycles. The van der Waals surface area contributed by atoms with Crippen molar-refractivity contribution in [1.82, 2.24) is 0 Å². The summed E-state index contributed by atoms with van der Waals surface area (Å²) in [5.41, 5.74) is -0.618. The normalized spacial score (nSPS) is 14.8. The van der Waals surface area contributed by atoms with Crippen LogP contribution >= 0.6 is 23.2 Å². The number of hydrogen-bond donors (Lipinski definition) is 1. The van der Waals surface area contributed by atoms with Crippen LogP contribution in [0.3, 0.4) is 0 Å². The zero-order valence-electron chi connectivity index (χ0n) is 8.44. The first kappa shape index (κ1) is 12.5. The Morgan fingerprint density at radius 1 is 1.40 bits per heavy atom. The number of hydrogen-bond acceptors (Lipinski definition) is 1. The van der Waals surface area contributed by atoms with E-state index < -0.39 is 11.4 Å². The molecule has 0 aromatic heterocycles. The summed E-state index contributed by atoms with van der Waals surface area (Å²) < 4.78 is 13.2. The van der Waals surface area contributed by atoms with Crippen LogP contribution in [0.1, 0.15) is 19.4 Å². The van der Waals surface area contributed by atoms with Crippen molar-refractivity contribution in [2.75, 3.05) is 0 Å². The molecule has 1 nitrogen and oxygen atoms in total. The van der Waals surface area contributed by atoms with Crippen molar-refractivity contribution < 1.29 is 9.50 Å². The van der Waals surface area contributed by atoms with Gasteiger partial charge in [0.15, 0.2) is 0 Å². The highest BCUT2D eigenvalue weighted by atomic mass is 35.5. The molecule has 0 aliphatic carbocycles. The number of aliphatic hydroxyl groups is 1. The first-order chi connectivity index (χ1) is 6.76. The Labute approximate surface area is 98.1 Å². The van der Waals surface area contributed by atoms with E-state index in [1.54, 1.807) is 6.92 Å². The Hall–Kier alpha value is -0.570. The standard InChI is InChI=1S/C11H11Cl2FO/c1-6(2)11(3,15)7-4-10(14)9(13)5-8(7)12/h4-5,15H,1H2,2-3H3. The van der Waals surface area contributed by atoms with Gasteiger partial charge in [0.2, 0.25) is 0 Å². The van der Waals surface area contributed by atoms with Crippen molar-refractivity contribution in [3.8, 4) is 0 Å². The summed E-state index contributed by atoms with van der Waals surface area (Å²) in [5.74, 6) is -0.613. The summed E-state index contributed by atoms with van der Waals surface area (Å²) >= 11 is 11.4. The summed E-state index contributed by atoms with van der Waals surface area (Å²) in [6.07, 6.45) is 0. The highest BCUT2D eigenvalue weighted by molar-refractivity contribution is 6.35. The van der Waals surface area contributed by atoms with E-state index in [1.165, 1.54) is 13.0 Å². The summed E-state index contributed by atoms with van der Waals surface area (Å²) in [6.45, 7) is 6.78. The molecule has 0 aliphatic rings. The second kappa shape index (κ2) is 4.12. The summed E-state index contributed by atoms with van der Waals surface area (Å²) in [5, 5.41) is 10.2. The molecule has 82 valence electrons. The highest BCUT2D eigenvalue weighted by Crippen LogP contribution is 2.35. The molecule has 0 fully saturated rings. The fourth-order valence-electron chi connectivity index (χ4n) is 1.13. The maximum Gasteiger partial charge on any atom is 0.142 e. The van der Waals surface area contributed by atoms with Crippen LogP contribution in [-0.4, -0.2) is 5.11 Å². The van der Waals surface area contributed by atoms with E-state index in [-0.39, 0.29) is 15.6 Å². The molecular formula is C11H11Cl2FO. The molecule has 1 N–H and O–H groups in total. The maximum atomic E-state index is 13.2. The minimum atomic E-state index is -1.36. The van der Waals surface area contributed by atoms with Crippen molar-refractivity contribution in [2.45, 2.75) is 19.4 Å². The Balaban J connectivity index is 3.38. The molecule has 0 amide bonds. The summed E-state index contributed by atoms with van der Waals surface area (Å²) in [7, 11) is 0. The third-order valence-electron chi connectivity index (χ3n) is 2.37. The largest absolute Gasteiger partial charge is 0.381 e. The van der Waals surface area contributed by atoms with Gasteiger partial charge in [0.1, 0.15) is 11.4 Å². The van der Waals surface area contributed by atoms with Gasteiger partial charge in [-0.25, -0.2) is 4.39 Å². The molecule has 0 heterocycles. The van der Waals surface area contributed by atoms with Crippen molar-refractivity contribution in [2.24, 2.45) is 0 Å². The molecule has 0 radical (unpaired) electrons. The van der Waals surface area contributed by atoms with Crippen molar-refractivity contribution >= 4 is 23.2 Å². The number of halogens is 3. The second-order valence-electron chi connectivity index (χ2n) is 3.60. The van der Waals surface area contributed by atoms with Crippen LogP contribution in [0, 0.1) is 5.82 Å². The minimum absolute atomic E-state index is 0.0683. The zero-order chi connectivity index (χ0) is 11.8. The highest BCUT2D eigenvalue weighted by Gasteiger charge is 2.27. The van der Waals surface area contributed by atoms with Crippen LogP contribution in [0.5, 0.6) is 0 Å². The van der Waals surface area contributed by atoms with Crippen LogP contribution in [0.25, 0.3) is 0 Å². The summed E-state index contributed by atoms with van der Waals surface area (Å²) in [4.78, 5) is 0. The molecule has 1 atom stereocenters. The van der Waals surface area contributed by atoms with E-state index in [9.17, 15) is 9.50 Å². The molecular weight excluding hydrogens is 238 g/mol. The minimum Gasteiger partial charge on any atom is -0.381 e. The van der Waals surface area contributed by atoms with Gasteiger partial charge in [0.05, 0.1) is 5.02 Å². The Kier molecular flexibility index (Phi) is 3.44. The molecule has 0 bridgehead atoms. The lowest BCUT2D eigenvalue weighted by atomic mass is 9.90. The SMILES string of the molecule is C=C(C)C(C)(O)c1cc(F)c(Cl)cc1Cl. The van der Waals surface area contributed by atoms with Crippen LogP contribution in [0.2, 0.25) is 10.0 Å². The van der Waals surface area contributed by atoms with Crippen molar-refractivity contribution in [3.63, 3.8) is 0 Å². The van der Waals surface area contributed by atoms with E-state index in [2.05, 4.69) is 6.58 Å². The molecule has 15 heavy (non-hydrogen) atoms. The third-order valence-corrected chi connectivity index (χ3v) is 2.97. The summed E-state index contributed by atoms with van der Waals surface area (Å²) in [6, 6.07) is 2.39. The molecule has 0 spiro atoms. The number of rotatable bonds is 2. The van der Waals surface area contributed by atoms with Gasteiger partial charge in [0.25, 0.3) is 0 Å². The fraction of sp³-hybridized carbons (Fsp3) is 0.273. The van der Waals surface area contributed by atoms with Gasteiger partial charge in [-0.3, -0.25) is 0 Å².